The van der Waals surface area contributed by atoms with Gasteiger partial charge in [0.25, 0.3) is 5.69 Å². The molecule has 0 amide bonds. The number of aliphatic hydroxyl groups excluding tert-OH is 1. The fourth-order valence-electron chi connectivity index (χ4n) is 3.06. The molecule has 0 radical (unpaired) electrons. The summed E-state index contributed by atoms with van der Waals surface area (Å²) in [5.74, 6) is -0.155. The zero-order valence-electron chi connectivity index (χ0n) is 12.5. The van der Waals surface area contributed by atoms with Crippen molar-refractivity contribution in [2.24, 2.45) is 5.92 Å². The van der Waals surface area contributed by atoms with Crippen LogP contribution < -0.4 is 0 Å². The van der Waals surface area contributed by atoms with Gasteiger partial charge >= 0.3 is 0 Å². The van der Waals surface area contributed by atoms with Gasteiger partial charge in [-0.2, -0.15) is 0 Å². The minimum Gasteiger partial charge on any atom is -0.388 e. The Morgan fingerprint density at radius 3 is 2.09 bits per heavy atom. The molecule has 1 aliphatic rings. The molecule has 0 heterocycles. The van der Waals surface area contributed by atoms with E-state index in [1.807, 2.05) is 24.3 Å². The summed E-state index contributed by atoms with van der Waals surface area (Å²) in [6, 6.07) is 13.7. The topological polar surface area (TPSA) is 80.4 Å². The third-order valence-electron chi connectivity index (χ3n) is 4.40. The number of rotatable bonds is 4. The Kier molecular flexibility index (Phi) is 4.21. The second-order valence-electron chi connectivity index (χ2n) is 5.84. The lowest BCUT2D eigenvalue weighted by molar-refractivity contribution is -0.384. The van der Waals surface area contributed by atoms with Gasteiger partial charge in [-0.25, -0.2) is 0 Å². The number of ketones is 1. The largest absolute Gasteiger partial charge is 0.388 e. The van der Waals surface area contributed by atoms with Gasteiger partial charge in [0.15, 0.2) is 0 Å². The highest BCUT2D eigenvalue weighted by molar-refractivity contribution is 5.83. The lowest BCUT2D eigenvalue weighted by Crippen LogP contribution is -2.16. The molecule has 1 N–H and O–H groups in total. The van der Waals surface area contributed by atoms with Crippen molar-refractivity contribution in [2.75, 3.05) is 0 Å². The van der Waals surface area contributed by atoms with Gasteiger partial charge in [-0.1, -0.05) is 24.3 Å². The highest BCUT2D eigenvalue weighted by Crippen LogP contribution is 2.34. The number of nitrogens with zero attached hydrogens (tertiary/aromatic N) is 1. The Hall–Kier alpha value is -2.53. The predicted molar refractivity (Wildman–Crippen MR) is 85.8 cm³/mol. The smallest absolute Gasteiger partial charge is 0.269 e. The van der Waals surface area contributed by atoms with Crippen molar-refractivity contribution >= 4 is 11.5 Å². The highest BCUT2D eigenvalue weighted by Gasteiger charge is 2.31. The van der Waals surface area contributed by atoms with Gasteiger partial charge in [0.05, 0.1) is 11.0 Å². The van der Waals surface area contributed by atoms with E-state index < -0.39 is 11.0 Å². The van der Waals surface area contributed by atoms with Gasteiger partial charge in [0.1, 0.15) is 5.78 Å². The summed E-state index contributed by atoms with van der Waals surface area (Å²) in [6.45, 7) is 0. The molecule has 2 atom stereocenters. The summed E-state index contributed by atoms with van der Waals surface area (Å²) in [6.07, 6.45) is 1.39. The molecule has 2 aromatic carbocycles. The lowest BCUT2D eigenvalue weighted by atomic mass is 9.92. The first-order chi connectivity index (χ1) is 11.1. The molecule has 5 heteroatoms. The lowest BCUT2D eigenvalue weighted by Gasteiger charge is -2.17. The van der Waals surface area contributed by atoms with E-state index in [1.54, 1.807) is 12.1 Å². The summed E-state index contributed by atoms with van der Waals surface area (Å²) >= 11 is 0. The zero-order chi connectivity index (χ0) is 16.4. The van der Waals surface area contributed by atoms with Gasteiger partial charge in [0.2, 0.25) is 0 Å². The number of hydrogen-bond donors (Lipinski definition) is 1. The van der Waals surface area contributed by atoms with Crippen molar-refractivity contribution < 1.29 is 14.8 Å². The Labute approximate surface area is 133 Å². The van der Waals surface area contributed by atoms with E-state index in [4.69, 9.17) is 0 Å². The van der Waals surface area contributed by atoms with E-state index in [9.17, 15) is 20.0 Å². The van der Waals surface area contributed by atoms with Crippen molar-refractivity contribution in [3.63, 3.8) is 0 Å². The molecule has 1 aliphatic carbocycles. The first-order valence-electron chi connectivity index (χ1n) is 7.62. The third kappa shape index (κ3) is 3.14. The molecule has 0 unspecified atom stereocenters. The summed E-state index contributed by atoms with van der Waals surface area (Å²) in [4.78, 5) is 22.0. The third-order valence-corrected chi connectivity index (χ3v) is 4.40. The minimum absolute atomic E-state index is 0.0561. The van der Waals surface area contributed by atoms with Crippen LogP contribution in [0.5, 0.6) is 0 Å². The van der Waals surface area contributed by atoms with Crippen LogP contribution in [0.1, 0.15) is 30.9 Å². The molecule has 0 aliphatic heterocycles. The van der Waals surface area contributed by atoms with E-state index in [1.165, 1.54) is 12.1 Å². The zero-order valence-corrected chi connectivity index (χ0v) is 12.5. The maximum atomic E-state index is 11.7. The average Bonchev–Trinajstić information content (AvgIpc) is 3.00. The average molecular weight is 311 g/mol. The fraction of sp³-hybridized carbons (Fsp3) is 0.278. The van der Waals surface area contributed by atoms with Gasteiger partial charge in [-0.3, -0.25) is 14.9 Å². The summed E-state index contributed by atoms with van der Waals surface area (Å²) in [7, 11) is 0. The number of aliphatic hydroxyl groups is 1. The molecular formula is C18H17NO4. The van der Waals surface area contributed by atoms with Crippen LogP contribution in [0, 0.1) is 16.0 Å². The maximum Gasteiger partial charge on any atom is 0.269 e. The van der Waals surface area contributed by atoms with Crippen LogP contribution in [-0.2, 0) is 4.79 Å². The normalized spacial score (nSPS) is 18.8. The number of non-ortho nitro benzene ring substituents is 1. The number of carbonyl (C=O) groups excluding carboxylic acids is 1. The molecule has 1 fully saturated rings. The summed E-state index contributed by atoms with van der Waals surface area (Å²) < 4.78 is 0. The first kappa shape index (κ1) is 15.4. The van der Waals surface area contributed by atoms with Crippen molar-refractivity contribution in [2.45, 2.75) is 25.4 Å². The molecule has 118 valence electrons. The second-order valence-corrected chi connectivity index (χ2v) is 5.84. The monoisotopic (exact) mass is 311 g/mol. The van der Waals surface area contributed by atoms with Crippen LogP contribution in [0.15, 0.2) is 48.5 Å². The van der Waals surface area contributed by atoms with Crippen LogP contribution in [0.25, 0.3) is 11.1 Å². The number of nitro benzene ring substituents is 1. The molecule has 0 aromatic heterocycles. The number of nitro groups is 1. The van der Waals surface area contributed by atoms with Crippen molar-refractivity contribution in [3.8, 4) is 11.1 Å². The number of carbonyl (C=O) groups is 1. The van der Waals surface area contributed by atoms with Crippen molar-refractivity contribution in [1.29, 1.82) is 0 Å². The van der Waals surface area contributed by atoms with Gasteiger partial charge in [-0.05, 0) is 41.7 Å². The van der Waals surface area contributed by atoms with Gasteiger partial charge < -0.3 is 5.11 Å². The van der Waals surface area contributed by atoms with E-state index in [0.29, 0.717) is 6.42 Å². The molecular weight excluding hydrogens is 294 g/mol. The van der Waals surface area contributed by atoms with Crippen molar-refractivity contribution in [1.82, 2.24) is 0 Å². The van der Waals surface area contributed by atoms with Crippen LogP contribution in [0.3, 0.4) is 0 Å². The van der Waals surface area contributed by atoms with Crippen molar-refractivity contribution in [3.05, 3.63) is 64.2 Å². The molecule has 1 saturated carbocycles. The molecule has 0 saturated heterocycles. The molecule has 23 heavy (non-hydrogen) atoms. The molecule has 0 bridgehead atoms. The Morgan fingerprint density at radius 1 is 1.04 bits per heavy atom. The summed E-state index contributed by atoms with van der Waals surface area (Å²) in [5.41, 5.74) is 2.57. The highest BCUT2D eigenvalue weighted by atomic mass is 16.6. The SMILES string of the molecule is O=C1CCC[C@H]1[C@@H](O)c1ccc(-c2ccc([N+](=O)[O-])cc2)cc1. The fourth-order valence-corrected chi connectivity index (χ4v) is 3.06. The number of Topliss-reactive ketones (excluding diaryl/α,β-unsaturated/α-hetero) is 1. The number of benzene rings is 2. The molecule has 2 aromatic rings. The standard InChI is InChI=1S/C18H17NO4/c20-17-3-1-2-16(17)18(21)14-6-4-12(5-7-14)13-8-10-15(11-9-13)19(22)23/h4-11,16,18,21H,1-3H2/t16-,18+/m1/s1. The molecule has 3 rings (SSSR count). The van der Waals surface area contributed by atoms with E-state index in [-0.39, 0.29) is 17.4 Å². The van der Waals surface area contributed by atoms with Crippen LogP contribution in [0.4, 0.5) is 5.69 Å². The van der Waals surface area contributed by atoms with Crippen LogP contribution in [-0.4, -0.2) is 15.8 Å². The second kappa shape index (κ2) is 6.30. The predicted octanol–water partition coefficient (Wildman–Crippen LogP) is 3.66. The Bertz CT molecular complexity index is 722. The Balaban J connectivity index is 1.78. The first-order valence-corrected chi connectivity index (χ1v) is 7.62. The van der Waals surface area contributed by atoms with E-state index >= 15 is 0 Å². The number of hydrogen-bond acceptors (Lipinski definition) is 4. The minimum atomic E-state index is -0.754. The van der Waals surface area contributed by atoms with Crippen LogP contribution >= 0.6 is 0 Å². The Morgan fingerprint density at radius 2 is 1.61 bits per heavy atom. The summed E-state index contributed by atoms with van der Waals surface area (Å²) in [5, 5.41) is 21.0. The molecule has 5 nitrogen and oxygen atoms in total. The van der Waals surface area contributed by atoms with Gasteiger partial charge in [0, 0.05) is 24.5 Å². The maximum absolute atomic E-state index is 11.7. The van der Waals surface area contributed by atoms with Crippen LogP contribution in [0.2, 0.25) is 0 Å². The molecule has 0 spiro atoms. The quantitative estimate of drug-likeness (QED) is 0.690. The van der Waals surface area contributed by atoms with Gasteiger partial charge in [-0.15, -0.1) is 0 Å². The van der Waals surface area contributed by atoms with E-state index in [0.717, 1.165) is 29.5 Å². The van der Waals surface area contributed by atoms with E-state index in [2.05, 4.69) is 0 Å².